The van der Waals surface area contributed by atoms with E-state index in [1.54, 1.807) is 11.3 Å². The van der Waals surface area contributed by atoms with E-state index in [-0.39, 0.29) is 11.7 Å². The van der Waals surface area contributed by atoms with Gasteiger partial charge >= 0.3 is 0 Å². The van der Waals surface area contributed by atoms with E-state index in [0.717, 1.165) is 39.1 Å². The highest BCUT2D eigenvalue weighted by Crippen LogP contribution is 2.34. The monoisotopic (exact) mass is 470 g/mol. The quantitative estimate of drug-likeness (QED) is 0.307. The SMILES string of the molecule is O=C(CSc1nnc(-c2cc(-c3cccs3)nc3ccccc23)o1)N1CCc2ccccc21. The zero-order chi connectivity index (χ0) is 22.2. The molecule has 0 unspecified atom stereocenters. The van der Waals surface area contributed by atoms with Crippen molar-refractivity contribution in [3.8, 4) is 22.0 Å². The molecule has 162 valence electrons. The van der Waals surface area contributed by atoms with Gasteiger partial charge in [-0.15, -0.1) is 21.5 Å². The highest BCUT2D eigenvalue weighted by Gasteiger charge is 2.25. The Morgan fingerprint density at radius 3 is 2.85 bits per heavy atom. The number of pyridine rings is 1. The molecule has 0 atom stereocenters. The smallest absolute Gasteiger partial charge is 0.277 e. The first-order chi connectivity index (χ1) is 16.3. The molecule has 0 spiro atoms. The summed E-state index contributed by atoms with van der Waals surface area (Å²) in [7, 11) is 0. The minimum absolute atomic E-state index is 0.0408. The van der Waals surface area contributed by atoms with Gasteiger partial charge in [0.05, 0.1) is 27.4 Å². The lowest BCUT2D eigenvalue weighted by molar-refractivity contribution is -0.116. The summed E-state index contributed by atoms with van der Waals surface area (Å²) in [6, 6.07) is 22.0. The second-order valence-corrected chi connectivity index (χ2v) is 9.51. The molecule has 0 saturated carbocycles. The van der Waals surface area contributed by atoms with Gasteiger partial charge in [0.15, 0.2) is 0 Å². The van der Waals surface area contributed by atoms with Gasteiger partial charge in [0.25, 0.3) is 5.22 Å². The Kier molecular flexibility index (Phi) is 5.16. The van der Waals surface area contributed by atoms with Gasteiger partial charge in [0.1, 0.15) is 0 Å². The Hall–Kier alpha value is -3.49. The fourth-order valence-electron chi connectivity index (χ4n) is 4.08. The van der Waals surface area contributed by atoms with Crippen LogP contribution in [0.3, 0.4) is 0 Å². The van der Waals surface area contributed by atoms with Crippen molar-refractivity contribution in [1.82, 2.24) is 15.2 Å². The minimum Gasteiger partial charge on any atom is -0.411 e. The van der Waals surface area contributed by atoms with E-state index in [4.69, 9.17) is 9.40 Å². The number of amides is 1. The van der Waals surface area contributed by atoms with Gasteiger partial charge < -0.3 is 9.32 Å². The van der Waals surface area contributed by atoms with E-state index in [1.165, 1.54) is 17.3 Å². The molecule has 0 fully saturated rings. The lowest BCUT2D eigenvalue weighted by Gasteiger charge is -2.16. The number of carbonyl (C=O) groups is 1. The number of carbonyl (C=O) groups excluding carboxylic acids is 1. The van der Waals surface area contributed by atoms with Gasteiger partial charge in [-0.3, -0.25) is 4.79 Å². The van der Waals surface area contributed by atoms with Crippen molar-refractivity contribution in [3.63, 3.8) is 0 Å². The molecule has 6 rings (SSSR count). The first-order valence-corrected chi connectivity index (χ1v) is 12.4. The highest BCUT2D eigenvalue weighted by molar-refractivity contribution is 7.99. The topological polar surface area (TPSA) is 72.1 Å². The third-order valence-electron chi connectivity index (χ3n) is 5.63. The minimum atomic E-state index is 0.0408. The standard InChI is InChI=1S/C25H18N4O2S2/c30-23(29-12-11-16-6-1-4-9-21(16)29)15-33-25-28-27-24(31-25)18-14-20(22-10-5-13-32-22)26-19-8-3-2-7-17(18)19/h1-10,13-14H,11-12,15H2. The second-order valence-electron chi connectivity index (χ2n) is 7.64. The van der Waals surface area contributed by atoms with Gasteiger partial charge in [-0.05, 0) is 41.6 Å². The van der Waals surface area contributed by atoms with Crippen LogP contribution in [0.5, 0.6) is 0 Å². The van der Waals surface area contributed by atoms with Crippen molar-refractivity contribution < 1.29 is 9.21 Å². The zero-order valence-electron chi connectivity index (χ0n) is 17.5. The summed E-state index contributed by atoms with van der Waals surface area (Å²) in [5.74, 6) is 0.708. The van der Waals surface area contributed by atoms with E-state index in [1.807, 2.05) is 70.9 Å². The van der Waals surface area contributed by atoms with Crippen molar-refractivity contribution in [2.24, 2.45) is 0 Å². The van der Waals surface area contributed by atoms with E-state index >= 15 is 0 Å². The predicted molar refractivity (Wildman–Crippen MR) is 132 cm³/mol. The van der Waals surface area contributed by atoms with Crippen LogP contribution in [0.1, 0.15) is 5.56 Å². The molecule has 5 aromatic rings. The molecule has 0 radical (unpaired) electrons. The number of aromatic nitrogens is 3. The Morgan fingerprint density at radius 1 is 1.06 bits per heavy atom. The maximum atomic E-state index is 12.8. The summed E-state index contributed by atoms with van der Waals surface area (Å²) in [6.07, 6.45) is 0.888. The van der Waals surface area contributed by atoms with E-state index < -0.39 is 0 Å². The van der Waals surface area contributed by atoms with E-state index in [2.05, 4.69) is 16.3 Å². The lowest BCUT2D eigenvalue weighted by atomic mass is 10.1. The maximum Gasteiger partial charge on any atom is 0.277 e. The van der Waals surface area contributed by atoms with Crippen LogP contribution in [-0.4, -0.2) is 33.4 Å². The van der Waals surface area contributed by atoms with Crippen LogP contribution < -0.4 is 4.90 Å². The van der Waals surface area contributed by atoms with Crippen molar-refractivity contribution >= 4 is 45.6 Å². The summed E-state index contributed by atoms with van der Waals surface area (Å²) >= 11 is 2.90. The number of hydrogen-bond donors (Lipinski definition) is 0. The largest absolute Gasteiger partial charge is 0.411 e. The Morgan fingerprint density at radius 2 is 1.94 bits per heavy atom. The Labute approximate surface area is 198 Å². The normalized spacial score (nSPS) is 12.9. The van der Waals surface area contributed by atoms with Gasteiger partial charge in [0, 0.05) is 17.6 Å². The molecule has 0 bridgehead atoms. The Bertz CT molecular complexity index is 1460. The van der Waals surface area contributed by atoms with Gasteiger partial charge in [-0.1, -0.05) is 54.2 Å². The molecule has 33 heavy (non-hydrogen) atoms. The summed E-state index contributed by atoms with van der Waals surface area (Å²) < 4.78 is 5.98. The molecule has 1 amide bonds. The summed E-state index contributed by atoms with van der Waals surface area (Å²) in [5.41, 5.74) is 4.78. The first kappa shape index (κ1) is 20.1. The molecule has 1 aliphatic rings. The van der Waals surface area contributed by atoms with Crippen LogP contribution in [0.2, 0.25) is 0 Å². The highest BCUT2D eigenvalue weighted by atomic mass is 32.2. The number of para-hydroxylation sites is 2. The average Bonchev–Trinajstić information content (AvgIpc) is 3.63. The fraction of sp³-hybridized carbons (Fsp3) is 0.120. The Balaban J connectivity index is 1.25. The molecule has 3 aromatic heterocycles. The van der Waals surface area contributed by atoms with E-state index in [9.17, 15) is 4.79 Å². The number of nitrogens with zero attached hydrogens (tertiary/aromatic N) is 4. The molecule has 8 heteroatoms. The maximum absolute atomic E-state index is 12.8. The van der Waals surface area contributed by atoms with Crippen LogP contribution in [0.4, 0.5) is 5.69 Å². The van der Waals surface area contributed by atoms with Crippen molar-refractivity contribution in [1.29, 1.82) is 0 Å². The molecule has 6 nitrogen and oxygen atoms in total. The fourth-order valence-corrected chi connectivity index (χ4v) is 5.40. The number of anilines is 1. The molecule has 0 N–H and O–H groups in total. The van der Waals surface area contributed by atoms with E-state index in [0.29, 0.717) is 17.7 Å². The molecule has 0 saturated heterocycles. The van der Waals surface area contributed by atoms with Gasteiger partial charge in [-0.2, -0.15) is 0 Å². The molecule has 4 heterocycles. The number of thioether (sulfide) groups is 1. The third kappa shape index (κ3) is 3.81. The first-order valence-electron chi connectivity index (χ1n) is 10.5. The summed E-state index contributed by atoms with van der Waals surface area (Å²) in [4.78, 5) is 20.5. The van der Waals surface area contributed by atoms with Gasteiger partial charge in [-0.25, -0.2) is 4.98 Å². The number of thiophene rings is 1. The molecule has 1 aliphatic heterocycles. The summed E-state index contributed by atoms with van der Waals surface area (Å²) in [6.45, 7) is 0.711. The zero-order valence-corrected chi connectivity index (χ0v) is 19.1. The lowest BCUT2D eigenvalue weighted by Crippen LogP contribution is -2.30. The predicted octanol–water partition coefficient (Wildman–Crippen LogP) is 5.69. The number of benzene rings is 2. The van der Waals surface area contributed by atoms with Crippen molar-refractivity contribution in [2.45, 2.75) is 11.6 Å². The second kappa shape index (κ2) is 8.46. The third-order valence-corrected chi connectivity index (χ3v) is 7.33. The van der Waals surface area contributed by atoms with Crippen molar-refractivity contribution in [2.75, 3.05) is 17.2 Å². The van der Waals surface area contributed by atoms with Crippen LogP contribution in [0.15, 0.2) is 81.8 Å². The van der Waals surface area contributed by atoms with Crippen LogP contribution in [-0.2, 0) is 11.2 Å². The number of rotatable bonds is 5. The molecule has 0 aliphatic carbocycles. The van der Waals surface area contributed by atoms with Gasteiger partial charge in [0.2, 0.25) is 11.8 Å². The summed E-state index contributed by atoms with van der Waals surface area (Å²) in [5, 5.41) is 11.8. The molecular weight excluding hydrogens is 452 g/mol. The van der Waals surface area contributed by atoms with Crippen molar-refractivity contribution in [3.05, 3.63) is 77.7 Å². The molecular formula is C25H18N4O2S2. The van der Waals surface area contributed by atoms with Crippen LogP contribution in [0.25, 0.3) is 32.9 Å². The molecule has 2 aromatic carbocycles. The number of hydrogen-bond acceptors (Lipinski definition) is 7. The van der Waals surface area contributed by atoms with Crippen LogP contribution >= 0.6 is 23.1 Å². The average molecular weight is 471 g/mol. The van der Waals surface area contributed by atoms with Crippen LogP contribution in [0, 0.1) is 0 Å². The number of fused-ring (bicyclic) bond motifs is 2.